The second-order valence-electron chi connectivity index (χ2n) is 6.49. The highest BCUT2D eigenvalue weighted by molar-refractivity contribution is 7.99. The summed E-state index contributed by atoms with van der Waals surface area (Å²) < 4.78 is 5.14. The molecule has 1 aromatic heterocycles. The highest BCUT2D eigenvalue weighted by Crippen LogP contribution is 2.39. The molecule has 3 rings (SSSR count). The van der Waals surface area contributed by atoms with Crippen LogP contribution in [0.15, 0.2) is 29.2 Å². The van der Waals surface area contributed by atoms with Gasteiger partial charge < -0.3 is 10.1 Å². The normalized spacial score (nSPS) is 15.8. The molecule has 1 aliphatic rings. The molecule has 0 saturated heterocycles. The number of methoxy groups -OCH3 is 1. The van der Waals surface area contributed by atoms with Gasteiger partial charge in [-0.1, -0.05) is 6.92 Å². The Labute approximate surface area is 162 Å². The van der Waals surface area contributed by atoms with Crippen LogP contribution < -0.4 is 10.1 Å². The third kappa shape index (κ3) is 4.40. The zero-order chi connectivity index (χ0) is 18.5. The molecule has 0 spiro atoms. The van der Waals surface area contributed by atoms with Crippen molar-refractivity contribution in [3.63, 3.8) is 0 Å². The zero-order valence-corrected chi connectivity index (χ0v) is 16.6. The van der Waals surface area contributed by atoms with E-state index < -0.39 is 0 Å². The van der Waals surface area contributed by atoms with Crippen molar-refractivity contribution in [2.24, 2.45) is 5.92 Å². The van der Waals surface area contributed by atoms with Crippen molar-refractivity contribution in [3.8, 4) is 11.8 Å². The number of carbonyl (C=O) groups is 1. The van der Waals surface area contributed by atoms with Crippen LogP contribution in [-0.2, 0) is 17.6 Å². The lowest BCUT2D eigenvalue weighted by molar-refractivity contribution is -0.115. The van der Waals surface area contributed by atoms with Crippen LogP contribution in [0.1, 0.15) is 35.8 Å². The van der Waals surface area contributed by atoms with Crippen molar-refractivity contribution in [2.75, 3.05) is 18.2 Å². The van der Waals surface area contributed by atoms with Crippen molar-refractivity contribution < 1.29 is 9.53 Å². The Morgan fingerprint density at radius 1 is 1.42 bits per heavy atom. The van der Waals surface area contributed by atoms with Gasteiger partial charge in [0.05, 0.1) is 12.7 Å². The van der Waals surface area contributed by atoms with E-state index in [2.05, 4.69) is 18.3 Å². The Kier molecular flexibility index (Phi) is 6.23. The van der Waals surface area contributed by atoms with Crippen molar-refractivity contribution in [2.45, 2.75) is 37.5 Å². The second-order valence-corrected chi connectivity index (χ2v) is 8.76. The molecule has 26 heavy (non-hydrogen) atoms. The predicted octanol–water partition coefficient (Wildman–Crippen LogP) is 4.87. The minimum atomic E-state index is -0.0332. The van der Waals surface area contributed by atoms with Crippen molar-refractivity contribution in [1.29, 1.82) is 5.26 Å². The fourth-order valence-corrected chi connectivity index (χ4v) is 5.31. The average molecular weight is 387 g/mol. The first kappa shape index (κ1) is 18.8. The molecule has 0 fully saturated rings. The predicted molar refractivity (Wildman–Crippen MR) is 107 cm³/mol. The molecule has 1 amide bonds. The van der Waals surface area contributed by atoms with E-state index in [-0.39, 0.29) is 5.91 Å². The van der Waals surface area contributed by atoms with E-state index in [4.69, 9.17) is 4.74 Å². The number of nitriles is 1. The van der Waals surface area contributed by atoms with Gasteiger partial charge in [-0.3, -0.25) is 4.79 Å². The number of hydrogen-bond acceptors (Lipinski definition) is 5. The maximum atomic E-state index is 12.3. The van der Waals surface area contributed by atoms with Crippen LogP contribution in [-0.4, -0.2) is 18.8 Å². The Morgan fingerprint density at radius 3 is 2.88 bits per heavy atom. The number of nitrogens with one attached hydrogen (secondary N) is 1. The number of rotatable bonds is 6. The van der Waals surface area contributed by atoms with Gasteiger partial charge in [0.2, 0.25) is 5.91 Å². The smallest absolute Gasteiger partial charge is 0.225 e. The van der Waals surface area contributed by atoms with Crippen LogP contribution in [0.25, 0.3) is 0 Å². The summed E-state index contributed by atoms with van der Waals surface area (Å²) in [6.07, 6.45) is 3.49. The first-order valence-corrected chi connectivity index (χ1v) is 10.5. The van der Waals surface area contributed by atoms with Gasteiger partial charge >= 0.3 is 0 Å². The number of anilines is 1. The van der Waals surface area contributed by atoms with Gasteiger partial charge in [-0.25, -0.2) is 0 Å². The third-order valence-corrected chi connectivity index (χ3v) is 6.72. The largest absolute Gasteiger partial charge is 0.497 e. The maximum Gasteiger partial charge on any atom is 0.225 e. The van der Waals surface area contributed by atoms with Crippen molar-refractivity contribution >= 4 is 34.0 Å². The first-order valence-electron chi connectivity index (χ1n) is 8.72. The van der Waals surface area contributed by atoms with E-state index in [1.165, 1.54) is 4.88 Å². The number of fused-ring (bicyclic) bond motifs is 1. The molecule has 0 aliphatic heterocycles. The van der Waals surface area contributed by atoms with Gasteiger partial charge in [-0.15, -0.1) is 23.1 Å². The van der Waals surface area contributed by atoms with Crippen LogP contribution in [0.5, 0.6) is 5.75 Å². The van der Waals surface area contributed by atoms with Crippen LogP contribution in [0.3, 0.4) is 0 Å². The number of thiophene rings is 1. The Bertz CT molecular complexity index is 822. The second kappa shape index (κ2) is 8.61. The standard InChI is InChI=1S/C20H22N2O2S2/c1-13-3-8-16-17(12-21)20(26-18(16)11-13)22-19(23)9-10-25-15-6-4-14(24-2)5-7-15/h4-7,13H,3,8-11H2,1-2H3,(H,22,23)/t13-/m1/s1. The molecule has 6 heteroatoms. The molecular formula is C20H22N2O2S2. The quantitative estimate of drug-likeness (QED) is 0.719. The minimum Gasteiger partial charge on any atom is -0.497 e. The molecule has 1 aromatic carbocycles. The van der Waals surface area contributed by atoms with E-state index in [1.807, 2.05) is 24.3 Å². The summed E-state index contributed by atoms with van der Waals surface area (Å²) in [6, 6.07) is 10.1. The van der Waals surface area contributed by atoms with E-state index in [9.17, 15) is 10.1 Å². The molecule has 1 atom stereocenters. The van der Waals surface area contributed by atoms with Crippen LogP contribution >= 0.6 is 23.1 Å². The number of hydrogen-bond donors (Lipinski definition) is 1. The first-order chi connectivity index (χ1) is 12.6. The number of thioether (sulfide) groups is 1. The highest BCUT2D eigenvalue weighted by atomic mass is 32.2. The topological polar surface area (TPSA) is 62.1 Å². The lowest BCUT2D eigenvalue weighted by Crippen LogP contribution is -2.12. The van der Waals surface area contributed by atoms with Gasteiger partial charge in [0.25, 0.3) is 0 Å². The fourth-order valence-electron chi connectivity index (χ4n) is 3.08. The molecule has 1 aliphatic carbocycles. The molecule has 2 aromatic rings. The number of benzene rings is 1. The monoisotopic (exact) mass is 386 g/mol. The van der Waals surface area contributed by atoms with Crippen molar-refractivity contribution in [3.05, 3.63) is 40.3 Å². The van der Waals surface area contributed by atoms with Crippen LogP contribution in [0.2, 0.25) is 0 Å². The highest BCUT2D eigenvalue weighted by Gasteiger charge is 2.24. The summed E-state index contributed by atoms with van der Waals surface area (Å²) in [7, 11) is 1.64. The van der Waals surface area contributed by atoms with Crippen LogP contribution in [0, 0.1) is 17.2 Å². The third-order valence-electron chi connectivity index (χ3n) is 4.53. The summed E-state index contributed by atoms with van der Waals surface area (Å²) in [5.74, 6) is 2.14. The fraction of sp³-hybridized carbons (Fsp3) is 0.400. The van der Waals surface area contributed by atoms with Gasteiger partial charge in [0.1, 0.15) is 16.8 Å². The molecule has 4 nitrogen and oxygen atoms in total. The number of carbonyl (C=O) groups excluding carboxylic acids is 1. The number of amides is 1. The Balaban J connectivity index is 1.55. The summed E-state index contributed by atoms with van der Waals surface area (Å²) in [6.45, 7) is 2.24. The molecule has 0 radical (unpaired) electrons. The van der Waals surface area contributed by atoms with Crippen LogP contribution in [0.4, 0.5) is 5.00 Å². The zero-order valence-electron chi connectivity index (χ0n) is 15.0. The molecule has 1 heterocycles. The molecule has 0 saturated carbocycles. The summed E-state index contributed by atoms with van der Waals surface area (Å²) in [4.78, 5) is 14.7. The lowest BCUT2D eigenvalue weighted by Gasteiger charge is -2.17. The molecule has 136 valence electrons. The van der Waals surface area contributed by atoms with Gasteiger partial charge in [0.15, 0.2) is 0 Å². The molecule has 1 N–H and O–H groups in total. The van der Waals surface area contributed by atoms with Gasteiger partial charge in [-0.05, 0) is 55.0 Å². The lowest BCUT2D eigenvalue weighted by atomic mass is 9.89. The number of nitrogens with zero attached hydrogens (tertiary/aromatic N) is 1. The van der Waals surface area contributed by atoms with E-state index in [1.54, 1.807) is 30.2 Å². The number of ether oxygens (including phenoxy) is 1. The van der Waals surface area contributed by atoms with Crippen molar-refractivity contribution in [1.82, 2.24) is 0 Å². The summed E-state index contributed by atoms with van der Waals surface area (Å²) in [5, 5.41) is 13.2. The Hall–Kier alpha value is -1.97. The van der Waals surface area contributed by atoms with Gasteiger partial charge in [-0.2, -0.15) is 5.26 Å². The molecular weight excluding hydrogens is 364 g/mol. The summed E-state index contributed by atoms with van der Waals surface area (Å²) >= 11 is 3.22. The Morgan fingerprint density at radius 2 is 2.19 bits per heavy atom. The maximum absolute atomic E-state index is 12.3. The van der Waals surface area contributed by atoms with E-state index >= 15 is 0 Å². The molecule has 0 unspecified atom stereocenters. The van der Waals surface area contributed by atoms with E-state index in [0.717, 1.165) is 40.5 Å². The SMILES string of the molecule is COc1ccc(SCCC(=O)Nc2sc3c(c2C#N)CC[C@@H](C)C3)cc1. The minimum absolute atomic E-state index is 0.0332. The van der Waals surface area contributed by atoms with E-state index in [0.29, 0.717) is 23.7 Å². The summed E-state index contributed by atoms with van der Waals surface area (Å²) in [5.41, 5.74) is 1.83. The molecule has 0 bridgehead atoms. The average Bonchev–Trinajstić information content (AvgIpc) is 2.98. The van der Waals surface area contributed by atoms with Gasteiger partial charge in [0, 0.05) is 21.9 Å².